The van der Waals surface area contributed by atoms with E-state index in [1.54, 1.807) is 0 Å². The van der Waals surface area contributed by atoms with Crippen molar-refractivity contribution in [1.29, 1.82) is 0 Å². The van der Waals surface area contributed by atoms with Gasteiger partial charge in [-0.15, -0.1) is 0 Å². The molecular formula is C13H25N. The number of hydrogen-bond acceptors (Lipinski definition) is 1. The summed E-state index contributed by atoms with van der Waals surface area (Å²) in [7, 11) is 2.09. The maximum atomic E-state index is 3.44. The molecule has 0 bridgehead atoms. The molecule has 0 aromatic rings. The number of rotatable bonds is 4. The molecule has 1 saturated carbocycles. The SMILES string of the molecule is CCC1CCC(C(C=C(C)C)NC)C1. The molecule has 1 rings (SSSR count). The van der Waals surface area contributed by atoms with Gasteiger partial charge in [-0.1, -0.05) is 31.4 Å². The minimum absolute atomic E-state index is 0.608. The second kappa shape index (κ2) is 5.55. The van der Waals surface area contributed by atoms with Gasteiger partial charge < -0.3 is 5.32 Å². The van der Waals surface area contributed by atoms with Crippen molar-refractivity contribution < 1.29 is 0 Å². The lowest BCUT2D eigenvalue weighted by molar-refractivity contribution is 0.411. The monoisotopic (exact) mass is 195 g/mol. The summed E-state index contributed by atoms with van der Waals surface area (Å²) in [5, 5.41) is 3.44. The molecule has 0 heterocycles. The van der Waals surface area contributed by atoms with Crippen molar-refractivity contribution in [3.05, 3.63) is 11.6 Å². The highest BCUT2D eigenvalue weighted by atomic mass is 14.9. The molecule has 1 aliphatic rings. The molecule has 14 heavy (non-hydrogen) atoms. The van der Waals surface area contributed by atoms with E-state index in [9.17, 15) is 0 Å². The third-order valence-electron chi connectivity index (χ3n) is 3.51. The second-order valence-corrected chi connectivity index (χ2v) is 4.91. The molecule has 0 radical (unpaired) electrons. The van der Waals surface area contributed by atoms with Crippen molar-refractivity contribution in [2.45, 2.75) is 52.5 Å². The van der Waals surface area contributed by atoms with Crippen LogP contribution in [0.15, 0.2) is 11.6 Å². The van der Waals surface area contributed by atoms with Crippen LogP contribution in [0.4, 0.5) is 0 Å². The topological polar surface area (TPSA) is 12.0 Å². The van der Waals surface area contributed by atoms with Gasteiger partial charge in [0.25, 0.3) is 0 Å². The Morgan fingerprint density at radius 1 is 1.43 bits per heavy atom. The molecular weight excluding hydrogens is 170 g/mol. The number of allylic oxidation sites excluding steroid dienone is 1. The van der Waals surface area contributed by atoms with Crippen molar-refractivity contribution >= 4 is 0 Å². The zero-order valence-electron chi connectivity index (χ0n) is 10.1. The van der Waals surface area contributed by atoms with Gasteiger partial charge >= 0.3 is 0 Å². The van der Waals surface area contributed by atoms with Crippen molar-refractivity contribution in [2.24, 2.45) is 11.8 Å². The van der Waals surface area contributed by atoms with Crippen LogP contribution in [-0.4, -0.2) is 13.1 Å². The van der Waals surface area contributed by atoms with Crippen LogP contribution >= 0.6 is 0 Å². The Balaban J connectivity index is 2.50. The molecule has 0 amide bonds. The quantitative estimate of drug-likeness (QED) is 0.678. The summed E-state index contributed by atoms with van der Waals surface area (Å²) in [5.41, 5.74) is 1.43. The maximum absolute atomic E-state index is 3.44. The number of hydrogen-bond donors (Lipinski definition) is 1. The third kappa shape index (κ3) is 3.13. The van der Waals surface area contributed by atoms with E-state index < -0.39 is 0 Å². The van der Waals surface area contributed by atoms with Crippen LogP contribution in [0.5, 0.6) is 0 Å². The van der Waals surface area contributed by atoms with Gasteiger partial charge in [-0.2, -0.15) is 0 Å². The molecule has 1 N–H and O–H groups in total. The lowest BCUT2D eigenvalue weighted by atomic mass is 9.94. The minimum atomic E-state index is 0.608. The molecule has 3 unspecified atom stereocenters. The van der Waals surface area contributed by atoms with Crippen molar-refractivity contribution in [3.8, 4) is 0 Å². The van der Waals surface area contributed by atoms with E-state index >= 15 is 0 Å². The average molecular weight is 195 g/mol. The first kappa shape index (κ1) is 11.8. The normalized spacial score (nSPS) is 28.9. The van der Waals surface area contributed by atoms with Gasteiger partial charge in [0.1, 0.15) is 0 Å². The summed E-state index contributed by atoms with van der Waals surface area (Å²) in [4.78, 5) is 0. The van der Waals surface area contributed by atoms with Crippen LogP contribution in [0.2, 0.25) is 0 Å². The molecule has 1 aliphatic carbocycles. The van der Waals surface area contributed by atoms with Crippen LogP contribution in [0.3, 0.4) is 0 Å². The Morgan fingerprint density at radius 2 is 2.14 bits per heavy atom. The number of nitrogens with one attached hydrogen (secondary N) is 1. The lowest BCUT2D eigenvalue weighted by Gasteiger charge is -2.20. The predicted molar refractivity (Wildman–Crippen MR) is 63.4 cm³/mol. The second-order valence-electron chi connectivity index (χ2n) is 4.91. The molecule has 1 heteroatoms. The Kier molecular flexibility index (Phi) is 4.67. The molecule has 1 fully saturated rings. The summed E-state index contributed by atoms with van der Waals surface area (Å²) in [6, 6.07) is 0.608. The van der Waals surface area contributed by atoms with Crippen molar-refractivity contribution in [2.75, 3.05) is 7.05 Å². The molecule has 0 aromatic heterocycles. The fourth-order valence-electron chi connectivity index (χ4n) is 2.62. The first-order valence-corrected chi connectivity index (χ1v) is 5.99. The van der Waals surface area contributed by atoms with Gasteiger partial charge in [0.05, 0.1) is 0 Å². The minimum Gasteiger partial charge on any atom is -0.313 e. The highest BCUT2D eigenvalue weighted by molar-refractivity contribution is 5.04. The number of likely N-dealkylation sites (N-methyl/N-ethyl adjacent to an activating group) is 1. The largest absolute Gasteiger partial charge is 0.313 e. The van der Waals surface area contributed by atoms with Crippen LogP contribution in [0.1, 0.15) is 46.5 Å². The molecule has 3 atom stereocenters. The Bertz CT molecular complexity index is 191. The average Bonchev–Trinajstić information content (AvgIpc) is 2.62. The van der Waals surface area contributed by atoms with Crippen molar-refractivity contribution in [1.82, 2.24) is 5.32 Å². The summed E-state index contributed by atoms with van der Waals surface area (Å²) < 4.78 is 0. The van der Waals surface area contributed by atoms with E-state index in [0.29, 0.717) is 6.04 Å². The smallest absolute Gasteiger partial charge is 0.0278 e. The maximum Gasteiger partial charge on any atom is 0.0278 e. The fourth-order valence-corrected chi connectivity index (χ4v) is 2.62. The lowest BCUT2D eigenvalue weighted by Crippen LogP contribution is -2.30. The van der Waals surface area contributed by atoms with Crippen LogP contribution in [0.25, 0.3) is 0 Å². The van der Waals surface area contributed by atoms with Crippen LogP contribution in [0, 0.1) is 11.8 Å². The van der Waals surface area contributed by atoms with Gasteiger partial charge in [-0.05, 0) is 45.6 Å². The molecule has 82 valence electrons. The summed E-state index contributed by atoms with van der Waals surface area (Å²) in [5.74, 6) is 1.86. The predicted octanol–water partition coefficient (Wildman–Crippen LogP) is 3.37. The first-order chi connectivity index (χ1) is 6.67. The zero-order chi connectivity index (χ0) is 10.6. The van der Waals surface area contributed by atoms with E-state index in [1.807, 2.05) is 0 Å². The van der Waals surface area contributed by atoms with Crippen LogP contribution in [-0.2, 0) is 0 Å². The van der Waals surface area contributed by atoms with Gasteiger partial charge in [-0.25, -0.2) is 0 Å². The third-order valence-corrected chi connectivity index (χ3v) is 3.51. The Hall–Kier alpha value is -0.300. The molecule has 0 saturated heterocycles. The summed E-state index contributed by atoms with van der Waals surface area (Å²) in [6.45, 7) is 6.70. The molecule has 0 spiro atoms. The van der Waals surface area contributed by atoms with Gasteiger partial charge in [0.15, 0.2) is 0 Å². The summed E-state index contributed by atoms with van der Waals surface area (Å²) >= 11 is 0. The molecule has 0 aliphatic heterocycles. The molecule has 0 aromatic carbocycles. The van der Waals surface area contributed by atoms with E-state index in [4.69, 9.17) is 0 Å². The van der Waals surface area contributed by atoms with Gasteiger partial charge in [-0.3, -0.25) is 0 Å². The van der Waals surface area contributed by atoms with E-state index in [1.165, 1.54) is 31.3 Å². The van der Waals surface area contributed by atoms with E-state index in [2.05, 4.69) is 39.2 Å². The Morgan fingerprint density at radius 3 is 2.57 bits per heavy atom. The fraction of sp³-hybridized carbons (Fsp3) is 0.846. The molecule has 1 nitrogen and oxygen atoms in total. The van der Waals surface area contributed by atoms with E-state index in [0.717, 1.165) is 11.8 Å². The zero-order valence-corrected chi connectivity index (χ0v) is 10.1. The van der Waals surface area contributed by atoms with Gasteiger partial charge in [0.2, 0.25) is 0 Å². The highest BCUT2D eigenvalue weighted by Gasteiger charge is 2.27. The highest BCUT2D eigenvalue weighted by Crippen LogP contribution is 2.35. The standard InChI is InChI=1S/C13H25N/c1-5-11-6-7-12(9-11)13(14-4)8-10(2)3/h8,11-14H,5-7,9H2,1-4H3. The van der Waals surface area contributed by atoms with E-state index in [-0.39, 0.29) is 0 Å². The van der Waals surface area contributed by atoms with Gasteiger partial charge in [0, 0.05) is 6.04 Å². The Labute approximate surface area is 89.0 Å². The van der Waals surface area contributed by atoms with Crippen LogP contribution < -0.4 is 5.32 Å². The summed E-state index contributed by atoms with van der Waals surface area (Å²) in [6.07, 6.45) is 8.03. The van der Waals surface area contributed by atoms with Crippen molar-refractivity contribution in [3.63, 3.8) is 0 Å². The first-order valence-electron chi connectivity index (χ1n) is 5.99.